The standard InChI is InChI=1S/C10H17N3.C9H14N2O.CH4/c1-10(2,3)8-6-11-9(12-7-8)13(4)5;1-9(2,3)7-5-10-8(12-4)11-6-7;/h6-7H,1-5H3;5-6H,1-4H3;1H4. The highest BCUT2D eigenvalue weighted by atomic mass is 16.5. The van der Waals surface area contributed by atoms with E-state index in [2.05, 4.69) is 61.5 Å². The smallest absolute Gasteiger partial charge is 0.316 e. The van der Waals surface area contributed by atoms with Crippen molar-refractivity contribution in [1.29, 1.82) is 0 Å². The molecule has 0 fully saturated rings. The van der Waals surface area contributed by atoms with Crippen LogP contribution >= 0.6 is 0 Å². The monoisotopic (exact) mass is 361 g/mol. The lowest BCUT2D eigenvalue weighted by Gasteiger charge is -2.18. The third-order valence-corrected chi connectivity index (χ3v) is 3.58. The van der Waals surface area contributed by atoms with Gasteiger partial charge in [0.2, 0.25) is 5.95 Å². The molecule has 0 aromatic carbocycles. The van der Waals surface area contributed by atoms with Crippen LogP contribution in [0.1, 0.15) is 60.1 Å². The minimum Gasteiger partial charge on any atom is -0.467 e. The molecule has 0 unspecified atom stereocenters. The first-order chi connectivity index (χ1) is 11.4. The number of hydrogen-bond donors (Lipinski definition) is 0. The molecule has 146 valence electrons. The Kier molecular flexibility index (Phi) is 8.64. The summed E-state index contributed by atoms with van der Waals surface area (Å²) < 4.78 is 4.86. The van der Waals surface area contributed by atoms with Crippen LogP contribution in [-0.2, 0) is 10.8 Å². The Morgan fingerprint density at radius 2 is 1.08 bits per heavy atom. The van der Waals surface area contributed by atoms with Gasteiger partial charge in [0, 0.05) is 38.9 Å². The highest BCUT2D eigenvalue weighted by Gasteiger charge is 2.15. The minimum atomic E-state index is 0. The van der Waals surface area contributed by atoms with Crippen LogP contribution in [0, 0.1) is 0 Å². The Morgan fingerprint density at radius 3 is 1.35 bits per heavy atom. The predicted octanol–water partition coefficient (Wildman–Crippen LogP) is 4.26. The third-order valence-electron chi connectivity index (χ3n) is 3.58. The van der Waals surface area contributed by atoms with Crippen molar-refractivity contribution < 1.29 is 4.74 Å². The van der Waals surface area contributed by atoms with E-state index in [1.807, 2.05) is 31.4 Å². The summed E-state index contributed by atoms with van der Waals surface area (Å²) in [5.41, 5.74) is 2.51. The molecule has 2 aromatic heterocycles. The quantitative estimate of drug-likeness (QED) is 0.796. The van der Waals surface area contributed by atoms with E-state index in [1.165, 1.54) is 0 Å². The molecule has 0 aliphatic heterocycles. The molecule has 2 aromatic rings. The fourth-order valence-corrected chi connectivity index (χ4v) is 1.75. The molecule has 0 bridgehead atoms. The highest BCUT2D eigenvalue weighted by Crippen LogP contribution is 2.21. The molecular formula is C20H35N5O. The first-order valence-corrected chi connectivity index (χ1v) is 8.31. The van der Waals surface area contributed by atoms with Crippen molar-refractivity contribution in [2.24, 2.45) is 0 Å². The molecule has 26 heavy (non-hydrogen) atoms. The van der Waals surface area contributed by atoms with Gasteiger partial charge in [0.1, 0.15) is 0 Å². The number of rotatable bonds is 2. The van der Waals surface area contributed by atoms with E-state index >= 15 is 0 Å². The molecule has 0 saturated carbocycles. The third kappa shape index (κ3) is 7.33. The number of hydrogen-bond acceptors (Lipinski definition) is 6. The molecule has 0 aliphatic rings. The summed E-state index contributed by atoms with van der Waals surface area (Å²) in [5, 5.41) is 0. The summed E-state index contributed by atoms with van der Waals surface area (Å²) in [7, 11) is 5.43. The average molecular weight is 362 g/mol. The van der Waals surface area contributed by atoms with Gasteiger partial charge in [-0.05, 0) is 22.0 Å². The Hall–Kier alpha value is -2.24. The summed E-state index contributed by atoms with van der Waals surface area (Å²) in [6.45, 7) is 12.8. The normalized spacial score (nSPS) is 11.0. The van der Waals surface area contributed by atoms with Gasteiger partial charge in [-0.3, -0.25) is 0 Å². The first kappa shape index (κ1) is 23.8. The number of aromatic nitrogens is 4. The predicted molar refractivity (Wildman–Crippen MR) is 109 cm³/mol. The van der Waals surface area contributed by atoms with Gasteiger partial charge in [0.25, 0.3) is 0 Å². The molecule has 6 heteroatoms. The molecule has 2 heterocycles. The molecule has 6 nitrogen and oxygen atoms in total. The molecule has 0 aliphatic carbocycles. The van der Waals surface area contributed by atoms with Crippen LogP contribution in [-0.4, -0.2) is 41.1 Å². The lowest BCUT2D eigenvalue weighted by Crippen LogP contribution is -2.16. The van der Waals surface area contributed by atoms with Crippen LogP contribution in [0.5, 0.6) is 6.01 Å². The van der Waals surface area contributed by atoms with E-state index in [1.54, 1.807) is 19.5 Å². The van der Waals surface area contributed by atoms with Gasteiger partial charge in [-0.1, -0.05) is 49.0 Å². The van der Waals surface area contributed by atoms with Crippen molar-refractivity contribution in [3.63, 3.8) is 0 Å². The molecule has 0 spiro atoms. The van der Waals surface area contributed by atoms with Gasteiger partial charge in [-0.25, -0.2) is 19.9 Å². The van der Waals surface area contributed by atoms with E-state index in [4.69, 9.17) is 4.74 Å². The fourth-order valence-electron chi connectivity index (χ4n) is 1.75. The molecule has 0 N–H and O–H groups in total. The van der Waals surface area contributed by atoms with Crippen LogP contribution in [0.2, 0.25) is 0 Å². The maximum Gasteiger partial charge on any atom is 0.316 e. The zero-order valence-corrected chi connectivity index (χ0v) is 17.0. The molecule has 0 saturated heterocycles. The van der Waals surface area contributed by atoms with E-state index in [-0.39, 0.29) is 18.3 Å². The fraction of sp³-hybridized carbons (Fsp3) is 0.600. The van der Waals surface area contributed by atoms with Crippen LogP contribution in [0.15, 0.2) is 24.8 Å². The zero-order chi connectivity index (χ0) is 19.3. The minimum absolute atomic E-state index is 0. The number of ether oxygens (including phenoxy) is 1. The van der Waals surface area contributed by atoms with Gasteiger partial charge in [0.15, 0.2) is 0 Å². The zero-order valence-electron chi connectivity index (χ0n) is 17.0. The van der Waals surface area contributed by atoms with E-state index in [9.17, 15) is 0 Å². The number of methoxy groups -OCH3 is 1. The molecule has 0 atom stereocenters. The topological polar surface area (TPSA) is 64.0 Å². The molecular weight excluding hydrogens is 326 g/mol. The molecule has 0 amide bonds. The maximum absolute atomic E-state index is 4.86. The summed E-state index contributed by atoms with van der Waals surface area (Å²) >= 11 is 0. The van der Waals surface area contributed by atoms with E-state index in [0.717, 1.165) is 17.1 Å². The van der Waals surface area contributed by atoms with E-state index < -0.39 is 0 Å². The molecule has 0 radical (unpaired) electrons. The second kappa shape index (κ2) is 9.46. The van der Waals surface area contributed by atoms with Gasteiger partial charge >= 0.3 is 6.01 Å². The first-order valence-electron chi connectivity index (χ1n) is 8.31. The lowest BCUT2D eigenvalue weighted by molar-refractivity contribution is 0.378. The Bertz CT molecular complexity index is 638. The summed E-state index contributed by atoms with van der Waals surface area (Å²) in [6, 6.07) is 0.419. The number of anilines is 1. The Morgan fingerprint density at radius 1 is 0.731 bits per heavy atom. The van der Waals surface area contributed by atoms with Crippen molar-refractivity contribution in [2.45, 2.75) is 59.8 Å². The van der Waals surface area contributed by atoms with Crippen molar-refractivity contribution >= 4 is 5.95 Å². The molecule has 2 rings (SSSR count). The van der Waals surface area contributed by atoms with Crippen LogP contribution in [0.4, 0.5) is 5.95 Å². The van der Waals surface area contributed by atoms with Crippen molar-refractivity contribution in [1.82, 2.24) is 19.9 Å². The second-order valence-electron chi connectivity index (χ2n) is 8.12. The van der Waals surface area contributed by atoms with Crippen molar-refractivity contribution in [3.05, 3.63) is 35.9 Å². The largest absolute Gasteiger partial charge is 0.467 e. The summed E-state index contributed by atoms with van der Waals surface area (Å²) in [4.78, 5) is 18.5. The SMILES string of the molecule is C.CN(C)c1ncc(C(C)(C)C)cn1.COc1ncc(C(C)(C)C)cn1. The van der Waals surface area contributed by atoms with Crippen LogP contribution < -0.4 is 9.64 Å². The average Bonchev–Trinajstić information content (AvgIpc) is 2.54. The Balaban J connectivity index is 0.000000464. The van der Waals surface area contributed by atoms with E-state index in [0.29, 0.717) is 6.01 Å². The van der Waals surface area contributed by atoms with Gasteiger partial charge in [-0.2, -0.15) is 0 Å². The maximum atomic E-state index is 4.86. The van der Waals surface area contributed by atoms with Crippen molar-refractivity contribution in [3.8, 4) is 6.01 Å². The van der Waals surface area contributed by atoms with Gasteiger partial charge in [0.05, 0.1) is 7.11 Å². The summed E-state index contributed by atoms with van der Waals surface area (Å²) in [6.07, 6.45) is 7.38. The summed E-state index contributed by atoms with van der Waals surface area (Å²) in [5.74, 6) is 0.757. The van der Waals surface area contributed by atoms with Gasteiger partial charge < -0.3 is 9.64 Å². The second-order valence-corrected chi connectivity index (χ2v) is 8.12. The van der Waals surface area contributed by atoms with Crippen molar-refractivity contribution in [2.75, 3.05) is 26.1 Å². The highest BCUT2D eigenvalue weighted by molar-refractivity contribution is 5.28. The van der Waals surface area contributed by atoms with Crippen LogP contribution in [0.3, 0.4) is 0 Å². The number of nitrogens with zero attached hydrogens (tertiary/aromatic N) is 5. The lowest BCUT2D eigenvalue weighted by atomic mass is 9.89. The van der Waals surface area contributed by atoms with Crippen LogP contribution in [0.25, 0.3) is 0 Å². The van der Waals surface area contributed by atoms with Gasteiger partial charge in [-0.15, -0.1) is 0 Å². The Labute approximate surface area is 159 Å².